The van der Waals surface area contributed by atoms with Gasteiger partial charge in [0.1, 0.15) is 0 Å². The van der Waals surface area contributed by atoms with Crippen LogP contribution in [0.2, 0.25) is 0 Å². The standard InChI is InChI=1S/C21H25N3O4/c1-13(2)21(27)22-17-8-6-16(7-9-17)19(25)12-28-20(26)11-10-18-14(3)23-24(5)15(18)4/h6-11,13H,12H2,1-5H3,(H,22,27)/b11-10+. The van der Waals surface area contributed by atoms with Gasteiger partial charge in [0.2, 0.25) is 5.91 Å². The van der Waals surface area contributed by atoms with E-state index in [1.807, 2.05) is 20.9 Å². The largest absolute Gasteiger partial charge is 0.454 e. The molecule has 7 heteroatoms. The predicted octanol–water partition coefficient (Wildman–Crippen LogP) is 3.07. The van der Waals surface area contributed by atoms with E-state index < -0.39 is 5.97 Å². The lowest BCUT2D eigenvalue weighted by Crippen LogP contribution is -2.18. The molecule has 0 unspecified atom stereocenters. The number of Topliss-reactive ketones (excluding diaryl/α,β-unsaturated/α-hetero) is 1. The van der Waals surface area contributed by atoms with Crippen molar-refractivity contribution < 1.29 is 19.1 Å². The molecule has 148 valence electrons. The molecule has 0 saturated carbocycles. The lowest BCUT2D eigenvalue weighted by molar-refractivity contribution is -0.136. The SMILES string of the molecule is Cc1nn(C)c(C)c1/C=C/C(=O)OCC(=O)c1ccc(NC(=O)C(C)C)cc1. The van der Waals surface area contributed by atoms with E-state index in [1.54, 1.807) is 48.9 Å². The van der Waals surface area contributed by atoms with Gasteiger partial charge in [0.05, 0.1) is 5.69 Å². The van der Waals surface area contributed by atoms with E-state index in [4.69, 9.17) is 4.74 Å². The molecule has 0 bridgehead atoms. The summed E-state index contributed by atoms with van der Waals surface area (Å²) in [4.78, 5) is 35.7. The van der Waals surface area contributed by atoms with Crippen molar-refractivity contribution in [2.45, 2.75) is 27.7 Å². The zero-order chi connectivity index (χ0) is 20.8. The molecule has 0 spiro atoms. The highest BCUT2D eigenvalue weighted by atomic mass is 16.5. The minimum absolute atomic E-state index is 0.0983. The molecule has 28 heavy (non-hydrogen) atoms. The Labute approximate surface area is 164 Å². The number of benzene rings is 1. The summed E-state index contributed by atoms with van der Waals surface area (Å²) in [6, 6.07) is 6.46. The molecular formula is C21H25N3O4. The minimum atomic E-state index is -0.600. The third-order valence-corrected chi connectivity index (χ3v) is 4.30. The second kappa shape index (κ2) is 9.12. The summed E-state index contributed by atoms with van der Waals surface area (Å²) >= 11 is 0. The Morgan fingerprint density at radius 3 is 2.36 bits per heavy atom. The van der Waals surface area contributed by atoms with Crippen LogP contribution in [0.15, 0.2) is 30.3 Å². The summed E-state index contributed by atoms with van der Waals surface area (Å²) in [5, 5.41) is 7.02. The molecule has 1 aromatic heterocycles. The van der Waals surface area contributed by atoms with Crippen molar-refractivity contribution in [2.75, 3.05) is 11.9 Å². The number of carbonyl (C=O) groups excluding carboxylic acids is 3. The van der Waals surface area contributed by atoms with Gasteiger partial charge in [-0.3, -0.25) is 14.3 Å². The first-order valence-electron chi connectivity index (χ1n) is 8.98. The number of aryl methyl sites for hydroxylation is 2. The zero-order valence-corrected chi connectivity index (χ0v) is 16.8. The number of carbonyl (C=O) groups is 3. The average molecular weight is 383 g/mol. The fourth-order valence-corrected chi connectivity index (χ4v) is 2.48. The molecule has 0 aliphatic carbocycles. The molecule has 0 saturated heterocycles. The highest BCUT2D eigenvalue weighted by molar-refractivity contribution is 5.99. The topological polar surface area (TPSA) is 90.3 Å². The Bertz CT molecular complexity index is 908. The second-order valence-electron chi connectivity index (χ2n) is 6.79. The van der Waals surface area contributed by atoms with E-state index in [0.717, 1.165) is 17.0 Å². The minimum Gasteiger partial charge on any atom is -0.454 e. The van der Waals surface area contributed by atoms with Crippen LogP contribution in [-0.2, 0) is 21.4 Å². The quantitative estimate of drug-likeness (QED) is 0.451. The summed E-state index contributed by atoms with van der Waals surface area (Å²) < 4.78 is 6.75. The first-order chi connectivity index (χ1) is 13.2. The van der Waals surface area contributed by atoms with E-state index in [0.29, 0.717) is 11.3 Å². The van der Waals surface area contributed by atoms with E-state index >= 15 is 0 Å². The summed E-state index contributed by atoms with van der Waals surface area (Å²) in [5.41, 5.74) is 3.60. The molecule has 0 atom stereocenters. The highest BCUT2D eigenvalue weighted by Crippen LogP contribution is 2.14. The van der Waals surface area contributed by atoms with Crippen LogP contribution in [-0.4, -0.2) is 34.0 Å². The van der Waals surface area contributed by atoms with Crippen LogP contribution in [0.5, 0.6) is 0 Å². The maximum atomic E-state index is 12.2. The van der Waals surface area contributed by atoms with Gasteiger partial charge in [-0.15, -0.1) is 0 Å². The maximum Gasteiger partial charge on any atom is 0.331 e. The monoisotopic (exact) mass is 383 g/mol. The number of rotatable bonds is 7. The molecule has 0 aliphatic heterocycles. The van der Waals surface area contributed by atoms with Crippen molar-refractivity contribution in [1.82, 2.24) is 9.78 Å². The third kappa shape index (κ3) is 5.39. The molecule has 1 heterocycles. The second-order valence-corrected chi connectivity index (χ2v) is 6.79. The predicted molar refractivity (Wildman–Crippen MR) is 107 cm³/mol. The number of amides is 1. The summed E-state index contributed by atoms with van der Waals surface area (Å²) in [5.74, 6) is -1.15. The van der Waals surface area contributed by atoms with E-state index in [1.165, 1.54) is 6.08 Å². The lowest BCUT2D eigenvalue weighted by Gasteiger charge is -2.08. The molecule has 1 amide bonds. The molecule has 0 fully saturated rings. The smallest absolute Gasteiger partial charge is 0.331 e. The van der Waals surface area contributed by atoms with Gasteiger partial charge in [-0.05, 0) is 44.2 Å². The van der Waals surface area contributed by atoms with Crippen LogP contribution < -0.4 is 5.32 Å². The lowest BCUT2D eigenvalue weighted by atomic mass is 10.1. The third-order valence-electron chi connectivity index (χ3n) is 4.30. The molecule has 7 nitrogen and oxygen atoms in total. The van der Waals surface area contributed by atoms with Gasteiger partial charge < -0.3 is 10.1 Å². The fourth-order valence-electron chi connectivity index (χ4n) is 2.48. The Balaban J connectivity index is 1.90. The summed E-state index contributed by atoms with van der Waals surface area (Å²) in [6.45, 7) is 7.00. The van der Waals surface area contributed by atoms with E-state index in [2.05, 4.69) is 10.4 Å². The van der Waals surface area contributed by atoms with Crippen LogP contribution in [0.1, 0.15) is 41.2 Å². The average Bonchev–Trinajstić information content (AvgIpc) is 2.90. The van der Waals surface area contributed by atoms with Gasteiger partial charge in [-0.1, -0.05) is 13.8 Å². The zero-order valence-electron chi connectivity index (χ0n) is 16.8. The molecule has 0 aliphatic rings. The number of nitrogens with zero attached hydrogens (tertiary/aromatic N) is 2. The van der Waals surface area contributed by atoms with Crippen LogP contribution >= 0.6 is 0 Å². The molecule has 2 aromatic rings. The molecule has 0 radical (unpaired) electrons. The van der Waals surface area contributed by atoms with Crippen LogP contribution in [0, 0.1) is 19.8 Å². The van der Waals surface area contributed by atoms with Crippen molar-refractivity contribution in [2.24, 2.45) is 13.0 Å². The molecule has 2 rings (SSSR count). The normalized spacial score (nSPS) is 11.1. The van der Waals surface area contributed by atoms with Crippen molar-refractivity contribution in [3.05, 3.63) is 52.9 Å². The number of anilines is 1. The first-order valence-corrected chi connectivity index (χ1v) is 8.98. The van der Waals surface area contributed by atoms with Crippen molar-refractivity contribution >= 4 is 29.4 Å². The van der Waals surface area contributed by atoms with E-state index in [-0.39, 0.29) is 24.2 Å². The van der Waals surface area contributed by atoms with Crippen molar-refractivity contribution in [1.29, 1.82) is 0 Å². The summed E-state index contributed by atoms with van der Waals surface area (Å²) in [7, 11) is 1.83. The number of ether oxygens (including phenoxy) is 1. The number of esters is 1. The Hall–Kier alpha value is -3.22. The highest BCUT2D eigenvalue weighted by Gasteiger charge is 2.11. The number of hydrogen-bond acceptors (Lipinski definition) is 5. The van der Waals surface area contributed by atoms with Crippen LogP contribution in [0.25, 0.3) is 6.08 Å². The van der Waals surface area contributed by atoms with Gasteiger partial charge in [-0.2, -0.15) is 5.10 Å². The van der Waals surface area contributed by atoms with Crippen LogP contribution in [0.4, 0.5) is 5.69 Å². The number of hydrogen-bond donors (Lipinski definition) is 1. The van der Waals surface area contributed by atoms with Gasteiger partial charge in [-0.25, -0.2) is 4.79 Å². The Kier molecular flexibility index (Phi) is 6.87. The van der Waals surface area contributed by atoms with Crippen LogP contribution in [0.3, 0.4) is 0 Å². The van der Waals surface area contributed by atoms with Crippen molar-refractivity contribution in [3.63, 3.8) is 0 Å². The molecular weight excluding hydrogens is 358 g/mol. The summed E-state index contributed by atoms with van der Waals surface area (Å²) in [6.07, 6.45) is 2.92. The van der Waals surface area contributed by atoms with E-state index in [9.17, 15) is 14.4 Å². The molecule has 1 aromatic carbocycles. The fraction of sp³-hybridized carbons (Fsp3) is 0.333. The first kappa shape index (κ1) is 21.1. The number of ketones is 1. The van der Waals surface area contributed by atoms with Gasteiger partial charge in [0.15, 0.2) is 12.4 Å². The number of aromatic nitrogens is 2. The van der Waals surface area contributed by atoms with Gasteiger partial charge >= 0.3 is 5.97 Å². The van der Waals surface area contributed by atoms with Gasteiger partial charge in [0, 0.05) is 41.5 Å². The Morgan fingerprint density at radius 1 is 1.18 bits per heavy atom. The number of nitrogens with one attached hydrogen (secondary N) is 1. The molecule has 1 N–H and O–H groups in total. The maximum absolute atomic E-state index is 12.2. The van der Waals surface area contributed by atoms with Gasteiger partial charge in [0.25, 0.3) is 0 Å². The van der Waals surface area contributed by atoms with Crippen molar-refractivity contribution in [3.8, 4) is 0 Å². The Morgan fingerprint density at radius 2 is 1.82 bits per heavy atom.